The molecule has 0 saturated carbocycles. The molecule has 1 rings (SSSR count). The second-order valence-electron chi connectivity index (χ2n) is 5.59. The highest BCUT2D eigenvalue weighted by Gasteiger charge is 2.21. The van der Waals surface area contributed by atoms with Crippen molar-refractivity contribution in [3.8, 4) is 0 Å². The molecular weight excluding hydrogens is 305 g/mol. The van der Waals surface area contributed by atoms with Crippen LogP contribution >= 0.6 is 15.9 Å². The van der Waals surface area contributed by atoms with E-state index in [4.69, 9.17) is 0 Å². The minimum absolute atomic E-state index is 0.186. The summed E-state index contributed by atoms with van der Waals surface area (Å²) >= 11 is 3.47. The monoisotopic (exact) mass is 329 g/mol. The van der Waals surface area contributed by atoms with Gasteiger partial charge in [-0.25, -0.2) is 4.39 Å². The van der Waals surface area contributed by atoms with Crippen LogP contribution in [-0.4, -0.2) is 12.6 Å². The minimum atomic E-state index is -0.186. The summed E-state index contributed by atoms with van der Waals surface area (Å²) in [4.78, 5) is 0. The van der Waals surface area contributed by atoms with Gasteiger partial charge in [0.05, 0.1) is 0 Å². The lowest BCUT2D eigenvalue weighted by Gasteiger charge is -2.29. The highest BCUT2D eigenvalue weighted by molar-refractivity contribution is 9.10. The van der Waals surface area contributed by atoms with E-state index < -0.39 is 0 Å². The molecule has 0 aliphatic heterocycles. The van der Waals surface area contributed by atoms with Gasteiger partial charge in [0.15, 0.2) is 0 Å². The summed E-state index contributed by atoms with van der Waals surface area (Å²) in [5.74, 6) is 0.957. The molecule has 1 N–H and O–H groups in total. The van der Waals surface area contributed by atoms with Crippen molar-refractivity contribution in [1.29, 1.82) is 0 Å². The van der Waals surface area contributed by atoms with Gasteiger partial charge in [-0.15, -0.1) is 0 Å². The van der Waals surface area contributed by atoms with Crippen molar-refractivity contribution in [3.63, 3.8) is 0 Å². The van der Waals surface area contributed by atoms with E-state index in [9.17, 15) is 4.39 Å². The Hall–Kier alpha value is -0.410. The van der Waals surface area contributed by atoms with Crippen molar-refractivity contribution in [2.75, 3.05) is 6.54 Å². The molecule has 19 heavy (non-hydrogen) atoms. The fourth-order valence-corrected chi connectivity index (χ4v) is 2.97. The van der Waals surface area contributed by atoms with E-state index >= 15 is 0 Å². The maximum absolute atomic E-state index is 13.1. The van der Waals surface area contributed by atoms with Crippen LogP contribution in [0.15, 0.2) is 22.7 Å². The zero-order chi connectivity index (χ0) is 14.4. The Morgan fingerprint density at radius 1 is 1.26 bits per heavy atom. The fourth-order valence-electron chi connectivity index (χ4n) is 2.45. The minimum Gasteiger partial charge on any atom is -0.314 e. The molecule has 0 radical (unpaired) electrons. The molecular formula is C16H25BrFN. The molecule has 3 heteroatoms. The van der Waals surface area contributed by atoms with Crippen molar-refractivity contribution >= 4 is 15.9 Å². The zero-order valence-electron chi connectivity index (χ0n) is 12.3. The van der Waals surface area contributed by atoms with Crippen molar-refractivity contribution in [2.24, 2.45) is 11.8 Å². The normalized spacial score (nSPS) is 14.7. The Morgan fingerprint density at radius 3 is 2.47 bits per heavy atom. The Bertz CT molecular complexity index is 392. The molecule has 0 aliphatic carbocycles. The summed E-state index contributed by atoms with van der Waals surface area (Å²) in [6, 6.07) is 5.46. The van der Waals surface area contributed by atoms with Gasteiger partial charge in [0.2, 0.25) is 0 Å². The van der Waals surface area contributed by atoms with Crippen LogP contribution in [0.3, 0.4) is 0 Å². The lowest BCUT2D eigenvalue weighted by molar-refractivity contribution is 0.288. The molecule has 1 aromatic carbocycles. The Balaban J connectivity index is 2.77. The van der Waals surface area contributed by atoms with Gasteiger partial charge in [0.1, 0.15) is 5.82 Å². The SMILES string of the molecule is CCCNC(C)C(Cc1ccc(F)cc1Br)C(C)C. The third-order valence-corrected chi connectivity index (χ3v) is 4.42. The summed E-state index contributed by atoms with van der Waals surface area (Å²) in [5, 5.41) is 3.58. The van der Waals surface area contributed by atoms with Gasteiger partial charge in [0, 0.05) is 10.5 Å². The van der Waals surface area contributed by atoms with Crippen LogP contribution in [0.4, 0.5) is 4.39 Å². The van der Waals surface area contributed by atoms with Crippen LogP contribution in [0.25, 0.3) is 0 Å². The summed E-state index contributed by atoms with van der Waals surface area (Å²) in [7, 11) is 0. The van der Waals surface area contributed by atoms with Crippen molar-refractivity contribution < 1.29 is 4.39 Å². The van der Waals surface area contributed by atoms with Crippen LogP contribution < -0.4 is 5.32 Å². The molecule has 0 saturated heterocycles. The zero-order valence-corrected chi connectivity index (χ0v) is 13.9. The number of halogens is 2. The molecule has 108 valence electrons. The van der Waals surface area contributed by atoms with Crippen molar-refractivity contribution in [3.05, 3.63) is 34.1 Å². The van der Waals surface area contributed by atoms with Crippen molar-refractivity contribution in [2.45, 2.75) is 46.6 Å². The summed E-state index contributed by atoms with van der Waals surface area (Å²) in [5.41, 5.74) is 1.19. The molecule has 0 spiro atoms. The predicted molar refractivity (Wildman–Crippen MR) is 83.9 cm³/mol. The summed E-state index contributed by atoms with van der Waals surface area (Å²) in [6.45, 7) is 9.99. The predicted octanol–water partition coefficient (Wildman–Crippen LogP) is 4.79. The second-order valence-corrected chi connectivity index (χ2v) is 6.44. The van der Waals surface area contributed by atoms with Crippen LogP contribution in [0.1, 0.15) is 39.7 Å². The highest BCUT2D eigenvalue weighted by atomic mass is 79.9. The average molecular weight is 330 g/mol. The molecule has 2 unspecified atom stereocenters. The largest absolute Gasteiger partial charge is 0.314 e. The lowest BCUT2D eigenvalue weighted by Crippen LogP contribution is -2.37. The molecule has 0 aliphatic rings. The van der Waals surface area contributed by atoms with Gasteiger partial charge >= 0.3 is 0 Å². The molecule has 1 aromatic rings. The summed E-state index contributed by atoms with van der Waals surface area (Å²) < 4.78 is 14.0. The van der Waals surface area contributed by atoms with Crippen molar-refractivity contribution in [1.82, 2.24) is 5.32 Å². The van der Waals surface area contributed by atoms with Crippen LogP contribution in [-0.2, 0) is 6.42 Å². The summed E-state index contributed by atoms with van der Waals surface area (Å²) in [6.07, 6.45) is 2.12. The molecule has 1 nitrogen and oxygen atoms in total. The first-order chi connectivity index (χ1) is 8.95. The van der Waals surface area contributed by atoms with Crippen LogP contribution in [0.5, 0.6) is 0 Å². The van der Waals surface area contributed by atoms with E-state index in [1.807, 2.05) is 6.07 Å². The van der Waals surface area contributed by atoms with E-state index in [1.165, 1.54) is 5.56 Å². The molecule has 0 fully saturated rings. The Morgan fingerprint density at radius 2 is 1.95 bits per heavy atom. The molecule has 0 aromatic heterocycles. The maximum atomic E-state index is 13.1. The average Bonchev–Trinajstić information content (AvgIpc) is 2.34. The third-order valence-electron chi connectivity index (χ3n) is 3.69. The third kappa shape index (κ3) is 5.23. The standard InChI is InChI=1S/C16H25BrFN/c1-5-8-19-12(4)15(11(2)3)9-13-6-7-14(18)10-16(13)17/h6-7,10-12,15,19H,5,8-9H2,1-4H3. The first kappa shape index (κ1) is 16.6. The lowest BCUT2D eigenvalue weighted by atomic mass is 9.84. The fraction of sp³-hybridized carbons (Fsp3) is 0.625. The quantitative estimate of drug-likeness (QED) is 0.758. The van der Waals surface area contributed by atoms with Gasteiger partial charge < -0.3 is 5.32 Å². The number of nitrogens with one attached hydrogen (secondary N) is 1. The molecule has 2 atom stereocenters. The van der Waals surface area contributed by atoms with Crippen LogP contribution in [0, 0.1) is 17.7 Å². The first-order valence-electron chi connectivity index (χ1n) is 7.13. The first-order valence-corrected chi connectivity index (χ1v) is 7.92. The Kier molecular flexibility index (Phi) is 7.01. The molecule has 0 heterocycles. The van der Waals surface area contributed by atoms with Gasteiger partial charge in [0.25, 0.3) is 0 Å². The number of benzene rings is 1. The Labute approximate surface area is 125 Å². The smallest absolute Gasteiger partial charge is 0.124 e. The maximum Gasteiger partial charge on any atom is 0.124 e. The number of hydrogen-bond donors (Lipinski definition) is 1. The van der Waals surface area contributed by atoms with Crippen LogP contribution in [0.2, 0.25) is 0 Å². The molecule has 0 bridgehead atoms. The van der Waals surface area contributed by atoms with E-state index in [2.05, 4.69) is 48.9 Å². The van der Waals surface area contributed by atoms with Gasteiger partial charge in [-0.1, -0.05) is 42.8 Å². The van der Waals surface area contributed by atoms with Gasteiger partial charge in [-0.2, -0.15) is 0 Å². The van der Waals surface area contributed by atoms with E-state index in [0.29, 0.717) is 17.9 Å². The van der Waals surface area contributed by atoms with E-state index in [0.717, 1.165) is 23.9 Å². The van der Waals surface area contributed by atoms with E-state index in [1.54, 1.807) is 12.1 Å². The molecule has 0 amide bonds. The second kappa shape index (κ2) is 8.01. The number of rotatable bonds is 7. The highest BCUT2D eigenvalue weighted by Crippen LogP contribution is 2.26. The number of hydrogen-bond acceptors (Lipinski definition) is 1. The topological polar surface area (TPSA) is 12.0 Å². The van der Waals surface area contributed by atoms with E-state index in [-0.39, 0.29) is 5.82 Å². The van der Waals surface area contributed by atoms with Gasteiger partial charge in [-0.3, -0.25) is 0 Å². The van der Waals surface area contributed by atoms with Gasteiger partial charge in [-0.05, 0) is 55.8 Å².